The molecule has 0 aromatic carbocycles. The molecule has 0 aliphatic carbocycles. The summed E-state index contributed by atoms with van der Waals surface area (Å²) in [6.45, 7) is 3.44. The van der Waals surface area contributed by atoms with Crippen LogP contribution in [0.2, 0.25) is 0 Å². The van der Waals surface area contributed by atoms with Gasteiger partial charge in [-0.15, -0.1) is 0 Å². The summed E-state index contributed by atoms with van der Waals surface area (Å²) in [5.41, 5.74) is 0. The van der Waals surface area contributed by atoms with Crippen molar-refractivity contribution in [3.63, 3.8) is 0 Å². The van der Waals surface area contributed by atoms with E-state index in [0.717, 1.165) is 13.0 Å². The van der Waals surface area contributed by atoms with E-state index in [-0.39, 0.29) is 6.61 Å². The van der Waals surface area contributed by atoms with Crippen LogP contribution in [0.15, 0.2) is 12.3 Å². The summed E-state index contributed by atoms with van der Waals surface area (Å²) in [7, 11) is 0. The van der Waals surface area contributed by atoms with Crippen LogP contribution in [-0.2, 0) is 0 Å². The highest BCUT2D eigenvalue weighted by Gasteiger charge is 1.93. The van der Waals surface area contributed by atoms with Crippen LogP contribution < -0.4 is 5.32 Å². The molecule has 0 fully saturated rings. The number of nitrogens with one attached hydrogen (secondary N) is 1. The fourth-order valence-corrected chi connectivity index (χ4v) is 2.71. The van der Waals surface area contributed by atoms with Crippen LogP contribution >= 0.6 is 0 Å². The Labute approximate surface area is 139 Å². The van der Waals surface area contributed by atoms with Gasteiger partial charge in [-0.1, -0.05) is 90.0 Å². The molecule has 0 heterocycles. The molecule has 132 valence electrons. The molecule has 2 heteroatoms. The maximum Gasteiger partial charge on any atom is 0.0447 e. The Kier molecular flexibility index (Phi) is 20.0. The Hall–Kier alpha value is -0.500. The number of aliphatic hydroxyl groups excluding tert-OH is 1. The summed E-state index contributed by atoms with van der Waals surface area (Å²) in [6.07, 6.45) is 24.7. The van der Waals surface area contributed by atoms with Gasteiger partial charge in [0.2, 0.25) is 0 Å². The highest BCUT2D eigenvalue weighted by molar-refractivity contribution is 4.78. The summed E-state index contributed by atoms with van der Waals surface area (Å²) >= 11 is 0. The van der Waals surface area contributed by atoms with Crippen LogP contribution in [0.4, 0.5) is 0 Å². The predicted octanol–water partition coefficient (Wildman–Crippen LogP) is 5.95. The van der Waals surface area contributed by atoms with Crippen molar-refractivity contribution >= 4 is 0 Å². The molecule has 0 spiro atoms. The second-order valence-corrected chi connectivity index (χ2v) is 6.46. The smallest absolute Gasteiger partial charge is 0.0447 e. The molecule has 0 aliphatic rings. The molecule has 0 bridgehead atoms. The molecule has 0 saturated heterocycles. The molecule has 22 heavy (non-hydrogen) atoms. The van der Waals surface area contributed by atoms with Gasteiger partial charge in [-0.2, -0.15) is 0 Å². The number of hydrogen-bond donors (Lipinski definition) is 2. The quantitative estimate of drug-likeness (QED) is 0.306. The topological polar surface area (TPSA) is 32.3 Å². The van der Waals surface area contributed by atoms with Crippen LogP contribution in [0.25, 0.3) is 0 Å². The van der Waals surface area contributed by atoms with Crippen LogP contribution in [0.1, 0.15) is 103 Å². The lowest BCUT2D eigenvalue weighted by Crippen LogP contribution is -2.07. The fourth-order valence-electron chi connectivity index (χ4n) is 2.71. The first kappa shape index (κ1) is 21.5. The first-order chi connectivity index (χ1) is 10.9. The molecule has 0 rings (SSSR count). The summed E-state index contributed by atoms with van der Waals surface area (Å²) in [6, 6.07) is 0. The number of rotatable bonds is 18. The lowest BCUT2D eigenvalue weighted by Gasteiger charge is -2.02. The SMILES string of the molecule is CCCCCCCCCCCCCCCC=CNCCCO. The van der Waals surface area contributed by atoms with E-state index in [1.807, 2.05) is 6.20 Å². The summed E-state index contributed by atoms with van der Waals surface area (Å²) in [5, 5.41) is 11.8. The number of hydrogen-bond acceptors (Lipinski definition) is 2. The van der Waals surface area contributed by atoms with Gasteiger partial charge in [0, 0.05) is 13.2 Å². The maximum atomic E-state index is 8.64. The van der Waals surface area contributed by atoms with Crippen LogP contribution in [0.3, 0.4) is 0 Å². The highest BCUT2D eigenvalue weighted by Crippen LogP contribution is 2.12. The second-order valence-electron chi connectivity index (χ2n) is 6.46. The minimum Gasteiger partial charge on any atom is -0.396 e. The molecule has 0 unspecified atom stereocenters. The molecule has 0 radical (unpaired) electrons. The normalized spacial score (nSPS) is 11.4. The monoisotopic (exact) mass is 311 g/mol. The minimum absolute atomic E-state index is 0.277. The summed E-state index contributed by atoms with van der Waals surface area (Å²) in [4.78, 5) is 0. The molecule has 0 aliphatic heterocycles. The van der Waals surface area contributed by atoms with E-state index in [9.17, 15) is 0 Å². The maximum absolute atomic E-state index is 8.64. The summed E-state index contributed by atoms with van der Waals surface area (Å²) in [5.74, 6) is 0. The van der Waals surface area contributed by atoms with E-state index < -0.39 is 0 Å². The lowest BCUT2D eigenvalue weighted by molar-refractivity contribution is 0.288. The van der Waals surface area contributed by atoms with Gasteiger partial charge in [-0.3, -0.25) is 0 Å². The van der Waals surface area contributed by atoms with Crippen molar-refractivity contribution in [1.82, 2.24) is 5.32 Å². The lowest BCUT2D eigenvalue weighted by atomic mass is 10.0. The Morgan fingerprint density at radius 1 is 0.682 bits per heavy atom. The van der Waals surface area contributed by atoms with Crippen molar-refractivity contribution in [2.24, 2.45) is 0 Å². The van der Waals surface area contributed by atoms with Gasteiger partial charge in [-0.25, -0.2) is 0 Å². The van der Waals surface area contributed by atoms with E-state index in [1.165, 1.54) is 89.9 Å². The third kappa shape index (κ3) is 19.5. The van der Waals surface area contributed by atoms with Crippen LogP contribution in [-0.4, -0.2) is 18.3 Å². The van der Waals surface area contributed by atoms with Crippen molar-refractivity contribution in [2.45, 2.75) is 103 Å². The van der Waals surface area contributed by atoms with Gasteiger partial charge < -0.3 is 10.4 Å². The molecule has 0 amide bonds. The van der Waals surface area contributed by atoms with E-state index in [2.05, 4.69) is 18.3 Å². The molecule has 0 saturated carbocycles. The van der Waals surface area contributed by atoms with E-state index in [4.69, 9.17) is 5.11 Å². The van der Waals surface area contributed by atoms with Gasteiger partial charge >= 0.3 is 0 Å². The van der Waals surface area contributed by atoms with Crippen molar-refractivity contribution in [1.29, 1.82) is 0 Å². The van der Waals surface area contributed by atoms with Crippen molar-refractivity contribution in [3.8, 4) is 0 Å². The van der Waals surface area contributed by atoms with Crippen molar-refractivity contribution < 1.29 is 5.11 Å². The average Bonchev–Trinajstić information content (AvgIpc) is 2.54. The number of aliphatic hydroxyl groups is 1. The zero-order valence-corrected chi connectivity index (χ0v) is 15.1. The van der Waals surface area contributed by atoms with Crippen molar-refractivity contribution in [2.75, 3.05) is 13.2 Å². The molecule has 2 nitrogen and oxygen atoms in total. The van der Waals surface area contributed by atoms with E-state index in [1.54, 1.807) is 0 Å². The zero-order valence-electron chi connectivity index (χ0n) is 15.1. The third-order valence-corrected chi connectivity index (χ3v) is 4.19. The van der Waals surface area contributed by atoms with Gasteiger partial charge in [0.25, 0.3) is 0 Å². The van der Waals surface area contributed by atoms with Gasteiger partial charge in [-0.05, 0) is 25.5 Å². The zero-order chi connectivity index (χ0) is 16.1. The Bertz CT molecular complexity index is 216. The van der Waals surface area contributed by atoms with Gasteiger partial charge in [0.05, 0.1) is 0 Å². The van der Waals surface area contributed by atoms with E-state index >= 15 is 0 Å². The molecule has 0 aromatic heterocycles. The average molecular weight is 312 g/mol. The van der Waals surface area contributed by atoms with Crippen LogP contribution in [0, 0.1) is 0 Å². The minimum atomic E-state index is 0.277. The van der Waals surface area contributed by atoms with E-state index in [0.29, 0.717) is 0 Å². The Balaban J connectivity index is 2.99. The predicted molar refractivity (Wildman–Crippen MR) is 99.2 cm³/mol. The molecule has 0 aromatic rings. The largest absolute Gasteiger partial charge is 0.396 e. The standard InChI is InChI=1S/C20H41NO/c1-2-3-4-5-6-7-8-9-10-11-12-13-14-15-16-18-21-19-17-20-22/h16,18,21-22H,2-15,17,19-20H2,1H3. The fraction of sp³-hybridized carbons (Fsp3) is 0.900. The number of allylic oxidation sites excluding steroid dienone is 1. The van der Waals surface area contributed by atoms with Crippen molar-refractivity contribution in [3.05, 3.63) is 12.3 Å². The Morgan fingerprint density at radius 2 is 1.18 bits per heavy atom. The molecular weight excluding hydrogens is 270 g/mol. The highest BCUT2D eigenvalue weighted by atomic mass is 16.3. The molecular formula is C20H41NO. The molecule has 2 N–H and O–H groups in total. The first-order valence-electron chi connectivity index (χ1n) is 9.91. The number of unbranched alkanes of at least 4 members (excludes halogenated alkanes) is 13. The first-order valence-corrected chi connectivity index (χ1v) is 9.91. The van der Waals surface area contributed by atoms with Gasteiger partial charge in [0.1, 0.15) is 0 Å². The summed E-state index contributed by atoms with van der Waals surface area (Å²) < 4.78 is 0. The second kappa shape index (κ2) is 20.5. The third-order valence-electron chi connectivity index (χ3n) is 4.19. The van der Waals surface area contributed by atoms with Gasteiger partial charge in [0.15, 0.2) is 0 Å². The van der Waals surface area contributed by atoms with Crippen LogP contribution in [0.5, 0.6) is 0 Å². The molecule has 0 atom stereocenters. The Morgan fingerprint density at radius 3 is 1.68 bits per heavy atom.